The maximum atomic E-state index is 12.2. The normalized spacial score (nSPS) is 12.0. The number of amides is 1. The molecule has 0 bridgehead atoms. The van der Waals surface area contributed by atoms with Crippen LogP contribution in [0.25, 0.3) is 0 Å². The number of benzene rings is 1. The fourth-order valence-corrected chi connectivity index (χ4v) is 1.52. The molecular weight excluding hydrogens is 244 g/mol. The number of methoxy groups -OCH3 is 1. The summed E-state index contributed by atoms with van der Waals surface area (Å²) < 4.78 is 10.4. The van der Waals surface area contributed by atoms with Crippen LogP contribution in [0.1, 0.15) is 17.3 Å². The number of likely N-dealkylation sites (N-methyl/N-ethyl adjacent to an activating group) is 1. The topological polar surface area (TPSA) is 64.8 Å². The molecule has 5 nitrogen and oxygen atoms in total. The molecule has 1 aromatic carbocycles. The Kier molecular flexibility index (Phi) is 6.32. The number of nitrogens with zero attached hydrogens (tertiary/aromatic N) is 1. The molecule has 19 heavy (non-hydrogen) atoms. The van der Waals surface area contributed by atoms with Crippen molar-refractivity contribution in [3.8, 4) is 5.75 Å². The number of hydrogen-bond donors (Lipinski definition) is 1. The van der Waals surface area contributed by atoms with Gasteiger partial charge in [0.15, 0.2) is 0 Å². The Balaban J connectivity index is 2.72. The second-order valence-electron chi connectivity index (χ2n) is 4.37. The van der Waals surface area contributed by atoms with Crippen LogP contribution in [0.3, 0.4) is 0 Å². The molecule has 0 aliphatic rings. The Hall–Kier alpha value is -1.59. The molecule has 5 heteroatoms. The van der Waals surface area contributed by atoms with Gasteiger partial charge in [-0.05, 0) is 25.1 Å². The first-order valence-electron chi connectivity index (χ1n) is 6.29. The van der Waals surface area contributed by atoms with Gasteiger partial charge >= 0.3 is 0 Å². The first-order valence-corrected chi connectivity index (χ1v) is 6.29. The van der Waals surface area contributed by atoms with E-state index < -0.39 is 0 Å². The third-order valence-electron chi connectivity index (χ3n) is 2.96. The van der Waals surface area contributed by atoms with Crippen molar-refractivity contribution in [3.63, 3.8) is 0 Å². The molecule has 0 heterocycles. The Labute approximate surface area is 114 Å². The highest BCUT2D eigenvalue weighted by Crippen LogP contribution is 2.15. The molecule has 0 saturated carbocycles. The number of carbonyl (C=O) groups is 1. The van der Waals surface area contributed by atoms with Crippen LogP contribution in [0, 0.1) is 0 Å². The molecule has 0 aliphatic heterocycles. The number of nitrogens with two attached hydrogens (primary N) is 1. The Morgan fingerprint density at radius 3 is 2.79 bits per heavy atom. The molecule has 0 saturated heterocycles. The molecule has 1 rings (SSSR count). The molecule has 0 spiro atoms. The number of carbonyl (C=O) groups excluding carboxylic acids is 1. The maximum absolute atomic E-state index is 12.2. The summed E-state index contributed by atoms with van der Waals surface area (Å²) in [5.74, 6) is 0.604. The zero-order chi connectivity index (χ0) is 14.3. The zero-order valence-electron chi connectivity index (χ0n) is 11.8. The highest BCUT2D eigenvalue weighted by atomic mass is 16.5. The molecule has 0 fully saturated rings. The SMILES string of the molecule is COCCOc1cccc(C(=O)N(C)C(C)CN)c1. The predicted octanol–water partition coefficient (Wildman–Crippen LogP) is 1.13. The van der Waals surface area contributed by atoms with Gasteiger partial charge in [-0.25, -0.2) is 0 Å². The lowest BCUT2D eigenvalue weighted by Crippen LogP contribution is -2.39. The van der Waals surface area contributed by atoms with E-state index in [0.29, 0.717) is 31.1 Å². The highest BCUT2D eigenvalue weighted by Gasteiger charge is 2.16. The van der Waals surface area contributed by atoms with Crippen molar-refractivity contribution in [2.24, 2.45) is 5.73 Å². The summed E-state index contributed by atoms with van der Waals surface area (Å²) in [5.41, 5.74) is 6.16. The van der Waals surface area contributed by atoms with E-state index in [-0.39, 0.29) is 11.9 Å². The van der Waals surface area contributed by atoms with Gasteiger partial charge in [0.2, 0.25) is 0 Å². The standard InChI is InChI=1S/C14H22N2O3/c1-11(10-15)16(2)14(17)12-5-4-6-13(9-12)19-8-7-18-3/h4-6,9,11H,7-8,10,15H2,1-3H3. The monoisotopic (exact) mass is 266 g/mol. The van der Waals surface area contributed by atoms with Gasteiger partial charge in [0.05, 0.1) is 6.61 Å². The van der Waals surface area contributed by atoms with E-state index in [1.165, 1.54) is 0 Å². The smallest absolute Gasteiger partial charge is 0.254 e. The predicted molar refractivity (Wildman–Crippen MR) is 74.4 cm³/mol. The van der Waals surface area contributed by atoms with Crippen LogP contribution in [0.15, 0.2) is 24.3 Å². The van der Waals surface area contributed by atoms with Gasteiger partial charge in [0.25, 0.3) is 5.91 Å². The number of rotatable bonds is 7. The van der Waals surface area contributed by atoms with Crippen molar-refractivity contribution in [1.82, 2.24) is 4.90 Å². The van der Waals surface area contributed by atoms with Crippen molar-refractivity contribution >= 4 is 5.91 Å². The minimum atomic E-state index is -0.0601. The van der Waals surface area contributed by atoms with E-state index in [1.807, 2.05) is 13.0 Å². The average Bonchev–Trinajstić information content (AvgIpc) is 2.45. The highest BCUT2D eigenvalue weighted by molar-refractivity contribution is 5.94. The van der Waals surface area contributed by atoms with Gasteiger partial charge in [-0.3, -0.25) is 4.79 Å². The van der Waals surface area contributed by atoms with Crippen molar-refractivity contribution < 1.29 is 14.3 Å². The molecule has 0 radical (unpaired) electrons. The zero-order valence-corrected chi connectivity index (χ0v) is 11.8. The van der Waals surface area contributed by atoms with E-state index in [4.69, 9.17) is 15.2 Å². The van der Waals surface area contributed by atoms with Crippen molar-refractivity contribution in [2.75, 3.05) is 33.9 Å². The lowest BCUT2D eigenvalue weighted by Gasteiger charge is -2.23. The van der Waals surface area contributed by atoms with Crippen molar-refractivity contribution in [3.05, 3.63) is 29.8 Å². The van der Waals surface area contributed by atoms with Gasteiger partial charge in [0.1, 0.15) is 12.4 Å². The maximum Gasteiger partial charge on any atom is 0.254 e. The lowest BCUT2D eigenvalue weighted by atomic mass is 10.1. The first-order chi connectivity index (χ1) is 9.10. The van der Waals surface area contributed by atoms with Crippen molar-refractivity contribution in [2.45, 2.75) is 13.0 Å². The Morgan fingerprint density at radius 2 is 2.16 bits per heavy atom. The van der Waals surface area contributed by atoms with Crippen LogP contribution in [-0.2, 0) is 4.74 Å². The van der Waals surface area contributed by atoms with Crippen LogP contribution in [0.2, 0.25) is 0 Å². The molecule has 106 valence electrons. The third-order valence-corrected chi connectivity index (χ3v) is 2.96. The molecule has 0 aromatic heterocycles. The summed E-state index contributed by atoms with van der Waals surface area (Å²) in [4.78, 5) is 13.9. The lowest BCUT2D eigenvalue weighted by molar-refractivity contribution is 0.0747. The second kappa shape index (κ2) is 7.76. The van der Waals surface area contributed by atoms with Crippen molar-refractivity contribution in [1.29, 1.82) is 0 Å². The van der Waals surface area contributed by atoms with E-state index in [1.54, 1.807) is 37.3 Å². The van der Waals surface area contributed by atoms with Gasteiger partial charge in [-0.15, -0.1) is 0 Å². The molecule has 0 aliphatic carbocycles. The summed E-state index contributed by atoms with van der Waals surface area (Å²) >= 11 is 0. The molecule has 1 amide bonds. The number of ether oxygens (including phenoxy) is 2. The largest absolute Gasteiger partial charge is 0.491 e. The van der Waals surface area contributed by atoms with E-state index in [0.717, 1.165) is 0 Å². The average molecular weight is 266 g/mol. The third kappa shape index (κ3) is 4.54. The van der Waals surface area contributed by atoms with Gasteiger partial charge in [0, 0.05) is 32.3 Å². The first kappa shape index (κ1) is 15.5. The summed E-state index contributed by atoms with van der Waals surface area (Å²) in [5, 5.41) is 0. The fraction of sp³-hybridized carbons (Fsp3) is 0.500. The summed E-state index contributed by atoms with van der Waals surface area (Å²) in [6, 6.07) is 7.13. The second-order valence-corrected chi connectivity index (χ2v) is 4.37. The van der Waals surface area contributed by atoms with Crippen LogP contribution in [0.4, 0.5) is 0 Å². The quantitative estimate of drug-likeness (QED) is 0.751. The van der Waals surface area contributed by atoms with Gasteiger partial charge in [-0.1, -0.05) is 6.07 Å². The molecule has 2 N–H and O–H groups in total. The van der Waals surface area contributed by atoms with Crippen LogP contribution < -0.4 is 10.5 Å². The molecule has 1 atom stereocenters. The van der Waals surface area contributed by atoms with Crippen LogP contribution in [0.5, 0.6) is 5.75 Å². The Morgan fingerprint density at radius 1 is 1.42 bits per heavy atom. The summed E-state index contributed by atoms with van der Waals surface area (Å²) in [6.45, 7) is 3.33. The van der Waals surface area contributed by atoms with Gasteiger partial charge in [-0.2, -0.15) is 0 Å². The van der Waals surface area contributed by atoms with Crippen LogP contribution in [-0.4, -0.2) is 50.8 Å². The van der Waals surface area contributed by atoms with Gasteiger partial charge < -0.3 is 20.1 Å². The molecule has 1 unspecified atom stereocenters. The summed E-state index contributed by atoms with van der Waals surface area (Å²) in [6.07, 6.45) is 0. The molecular formula is C14H22N2O3. The Bertz CT molecular complexity index is 409. The molecule has 1 aromatic rings. The minimum Gasteiger partial charge on any atom is -0.491 e. The van der Waals surface area contributed by atoms with E-state index in [9.17, 15) is 4.79 Å². The van der Waals surface area contributed by atoms with E-state index >= 15 is 0 Å². The summed E-state index contributed by atoms with van der Waals surface area (Å²) in [7, 11) is 3.37. The fourth-order valence-electron chi connectivity index (χ4n) is 1.52. The van der Waals surface area contributed by atoms with Crippen LogP contribution >= 0.6 is 0 Å². The number of hydrogen-bond acceptors (Lipinski definition) is 4. The minimum absolute atomic E-state index is 0.00515. The van der Waals surface area contributed by atoms with E-state index in [2.05, 4.69) is 0 Å².